The lowest BCUT2D eigenvalue weighted by molar-refractivity contribution is -0.0904. The predicted octanol–water partition coefficient (Wildman–Crippen LogP) is 2.03. The topological polar surface area (TPSA) is 18.5 Å². The maximum absolute atomic E-state index is 5.65. The van der Waals surface area contributed by atoms with E-state index in [4.69, 9.17) is 9.47 Å². The van der Waals surface area contributed by atoms with E-state index in [1.54, 1.807) is 0 Å². The molecule has 0 heterocycles. The van der Waals surface area contributed by atoms with Crippen molar-refractivity contribution in [2.45, 2.75) is 45.1 Å². The Bertz CT molecular complexity index is 106. The third-order valence-corrected chi connectivity index (χ3v) is 4.03. The zero-order valence-electron chi connectivity index (χ0n) is 9.50. The Morgan fingerprint density at radius 2 is 1.71 bits per heavy atom. The van der Waals surface area contributed by atoms with Crippen molar-refractivity contribution in [3.8, 4) is 0 Å². The molecule has 0 aliphatic rings. The Kier molecular flexibility index (Phi) is 12.0. The van der Waals surface area contributed by atoms with Gasteiger partial charge in [0.2, 0.25) is 0 Å². The predicted molar refractivity (Wildman–Crippen MR) is 68.1 cm³/mol. The molecule has 0 N–H and O–H groups in total. The average molecular weight is 236 g/mol. The summed E-state index contributed by atoms with van der Waals surface area (Å²) in [7, 11) is -0.220. The summed E-state index contributed by atoms with van der Waals surface area (Å²) in [4.78, 5) is 0. The second-order valence-corrected chi connectivity index (χ2v) is 5.79. The molecule has 0 atom stereocenters. The van der Waals surface area contributed by atoms with Crippen molar-refractivity contribution in [2.75, 3.05) is 19.0 Å². The van der Waals surface area contributed by atoms with Gasteiger partial charge in [-0.2, -0.15) is 12.6 Å². The number of hydrogen-bond acceptors (Lipinski definition) is 3. The Morgan fingerprint density at radius 3 is 2.14 bits per heavy atom. The van der Waals surface area contributed by atoms with E-state index < -0.39 is 0 Å². The third kappa shape index (κ3) is 9.06. The Balaban J connectivity index is 3.49. The maximum atomic E-state index is 5.65. The van der Waals surface area contributed by atoms with Crippen LogP contribution in [0.4, 0.5) is 0 Å². The molecule has 0 aromatic carbocycles. The van der Waals surface area contributed by atoms with E-state index in [1.807, 2.05) is 0 Å². The molecule has 0 amide bonds. The van der Waals surface area contributed by atoms with E-state index >= 15 is 0 Å². The molecule has 0 spiro atoms. The fraction of sp³-hybridized carbons (Fsp3) is 1.00. The van der Waals surface area contributed by atoms with Crippen molar-refractivity contribution in [1.29, 1.82) is 0 Å². The van der Waals surface area contributed by atoms with Crippen LogP contribution in [0.25, 0.3) is 0 Å². The molecule has 0 saturated carbocycles. The van der Waals surface area contributed by atoms with Gasteiger partial charge in [0.15, 0.2) is 0 Å². The van der Waals surface area contributed by atoms with Crippen LogP contribution in [-0.2, 0) is 9.47 Å². The molecule has 0 aliphatic carbocycles. The normalized spacial score (nSPS) is 12.0. The molecule has 0 fully saturated rings. The van der Waals surface area contributed by atoms with E-state index in [9.17, 15) is 0 Å². The van der Waals surface area contributed by atoms with Crippen LogP contribution < -0.4 is 0 Å². The summed E-state index contributed by atoms with van der Waals surface area (Å²) in [5.41, 5.74) is 0. The monoisotopic (exact) mass is 236 g/mol. The van der Waals surface area contributed by atoms with Crippen LogP contribution in [0.5, 0.6) is 0 Å². The highest BCUT2D eigenvalue weighted by molar-refractivity contribution is 7.80. The Morgan fingerprint density at radius 1 is 1.14 bits per heavy atom. The molecule has 0 bridgehead atoms. The molecule has 0 unspecified atom stereocenters. The number of rotatable bonds is 10. The maximum Gasteiger partial charge on any atom is 0.134 e. The second kappa shape index (κ2) is 11.6. The molecule has 0 rings (SSSR count). The highest BCUT2D eigenvalue weighted by atomic mass is 32.1. The quantitative estimate of drug-likeness (QED) is 0.271. The molecule has 4 heteroatoms. The van der Waals surface area contributed by atoms with Gasteiger partial charge in [-0.1, -0.05) is 19.9 Å². The minimum atomic E-state index is -0.220. The summed E-state index contributed by atoms with van der Waals surface area (Å²) in [6, 6.07) is 1.28. The van der Waals surface area contributed by atoms with Gasteiger partial charge in [-0.15, -0.1) is 0 Å². The molecule has 0 aromatic heterocycles. The molecule has 0 aromatic rings. The van der Waals surface area contributed by atoms with Crippen molar-refractivity contribution in [2.24, 2.45) is 0 Å². The van der Waals surface area contributed by atoms with E-state index in [-0.39, 0.29) is 15.4 Å². The van der Waals surface area contributed by atoms with Gasteiger partial charge in [0, 0.05) is 13.2 Å². The Hall–Kier alpha value is 0.487. The first kappa shape index (κ1) is 14.5. The lowest BCUT2D eigenvalue weighted by atomic mass is 10.5. The van der Waals surface area contributed by atoms with E-state index in [0.717, 1.165) is 31.8 Å². The minimum absolute atomic E-state index is 0.148. The Labute approximate surface area is 96.0 Å². The fourth-order valence-electron chi connectivity index (χ4n) is 1.14. The van der Waals surface area contributed by atoms with Gasteiger partial charge in [-0.3, -0.25) is 0 Å². The SMILES string of the molecule is CCCOC(OCCC)[SiH2]CCCS. The van der Waals surface area contributed by atoms with Crippen LogP contribution >= 0.6 is 12.6 Å². The van der Waals surface area contributed by atoms with Crippen molar-refractivity contribution < 1.29 is 9.47 Å². The van der Waals surface area contributed by atoms with Crippen LogP contribution in [0.15, 0.2) is 0 Å². The molecule has 0 radical (unpaired) electrons. The largest absolute Gasteiger partial charge is 0.357 e. The molecule has 0 aliphatic heterocycles. The summed E-state index contributed by atoms with van der Waals surface area (Å²) >= 11 is 4.20. The van der Waals surface area contributed by atoms with Crippen molar-refractivity contribution in [1.82, 2.24) is 0 Å². The molecular weight excluding hydrogens is 212 g/mol. The summed E-state index contributed by atoms with van der Waals surface area (Å²) in [6.45, 7) is 5.93. The van der Waals surface area contributed by atoms with Crippen molar-refractivity contribution in [3.05, 3.63) is 0 Å². The highest BCUT2D eigenvalue weighted by Crippen LogP contribution is 2.01. The first-order valence-corrected chi connectivity index (χ1v) is 8.14. The van der Waals surface area contributed by atoms with Crippen molar-refractivity contribution in [3.63, 3.8) is 0 Å². The van der Waals surface area contributed by atoms with Gasteiger partial charge >= 0.3 is 0 Å². The smallest absolute Gasteiger partial charge is 0.134 e. The molecule has 2 nitrogen and oxygen atoms in total. The zero-order chi connectivity index (χ0) is 10.6. The van der Waals surface area contributed by atoms with Gasteiger partial charge in [-0.25, -0.2) is 0 Å². The first-order valence-electron chi connectivity index (χ1n) is 5.69. The summed E-state index contributed by atoms with van der Waals surface area (Å²) < 4.78 is 11.3. The van der Waals surface area contributed by atoms with Gasteiger partial charge in [0.1, 0.15) is 5.91 Å². The summed E-state index contributed by atoms with van der Waals surface area (Å²) in [6.07, 6.45) is 3.36. The van der Waals surface area contributed by atoms with Gasteiger partial charge < -0.3 is 9.47 Å². The lowest BCUT2D eigenvalue weighted by Crippen LogP contribution is -2.25. The zero-order valence-corrected chi connectivity index (χ0v) is 11.8. The second-order valence-electron chi connectivity index (χ2n) is 3.39. The standard InChI is InChI=1S/C10H24O2SSi/c1-3-6-11-10(12-7-4-2)14-9-5-8-13/h10,13H,3-9,14H2,1-2H3. The molecule has 86 valence electrons. The third-order valence-electron chi connectivity index (χ3n) is 1.86. The van der Waals surface area contributed by atoms with Crippen LogP contribution in [0.3, 0.4) is 0 Å². The number of hydrogen-bond donors (Lipinski definition) is 1. The van der Waals surface area contributed by atoms with Crippen LogP contribution in [0.1, 0.15) is 33.1 Å². The van der Waals surface area contributed by atoms with Crippen LogP contribution in [-0.4, -0.2) is 34.4 Å². The van der Waals surface area contributed by atoms with Crippen LogP contribution in [0, 0.1) is 0 Å². The van der Waals surface area contributed by atoms with Gasteiger partial charge in [0.05, 0.1) is 9.52 Å². The minimum Gasteiger partial charge on any atom is -0.357 e. The summed E-state index contributed by atoms with van der Waals surface area (Å²) in [5, 5.41) is 0. The number of ether oxygens (including phenoxy) is 2. The van der Waals surface area contributed by atoms with Gasteiger partial charge in [-0.05, 0) is 25.0 Å². The highest BCUT2D eigenvalue weighted by Gasteiger charge is 2.08. The first-order chi connectivity index (χ1) is 6.85. The molecular formula is C10H24O2SSi. The number of thiol groups is 1. The van der Waals surface area contributed by atoms with E-state index in [1.165, 1.54) is 12.5 Å². The molecule has 0 saturated heterocycles. The average Bonchev–Trinajstić information content (AvgIpc) is 2.21. The molecule has 14 heavy (non-hydrogen) atoms. The van der Waals surface area contributed by atoms with E-state index in [2.05, 4.69) is 26.5 Å². The van der Waals surface area contributed by atoms with Crippen LogP contribution in [0.2, 0.25) is 6.04 Å². The van der Waals surface area contributed by atoms with Crippen molar-refractivity contribution >= 4 is 22.1 Å². The lowest BCUT2D eigenvalue weighted by Gasteiger charge is -2.17. The van der Waals surface area contributed by atoms with Gasteiger partial charge in [0.25, 0.3) is 0 Å². The summed E-state index contributed by atoms with van der Waals surface area (Å²) in [5.74, 6) is 1.14. The van der Waals surface area contributed by atoms with E-state index in [0.29, 0.717) is 0 Å². The fourth-order valence-corrected chi connectivity index (χ4v) is 3.32.